The summed E-state index contributed by atoms with van der Waals surface area (Å²) < 4.78 is 40.9. The molecule has 22 heavy (non-hydrogen) atoms. The first kappa shape index (κ1) is 17.3. The van der Waals surface area contributed by atoms with E-state index in [0.29, 0.717) is 6.61 Å². The molecule has 124 valence electrons. The van der Waals surface area contributed by atoms with Gasteiger partial charge < -0.3 is 14.8 Å². The molecule has 2 N–H and O–H groups in total. The van der Waals surface area contributed by atoms with E-state index in [9.17, 15) is 13.2 Å². The highest BCUT2D eigenvalue weighted by Crippen LogP contribution is 2.22. The number of hydrogen-bond donors (Lipinski definition) is 2. The van der Waals surface area contributed by atoms with Gasteiger partial charge in [0.25, 0.3) is 0 Å². The Balaban J connectivity index is 2.15. The Morgan fingerprint density at radius 2 is 2.32 bits per heavy atom. The minimum absolute atomic E-state index is 0.157. The lowest BCUT2D eigenvalue weighted by Gasteiger charge is -2.28. The molecule has 1 saturated heterocycles. The van der Waals surface area contributed by atoms with Crippen LogP contribution in [0.2, 0.25) is 0 Å². The molecule has 1 aliphatic heterocycles. The zero-order chi connectivity index (χ0) is 16.2. The molecule has 1 aromatic heterocycles. The summed E-state index contributed by atoms with van der Waals surface area (Å²) in [6.07, 6.45) is 1.77. The number of hydrogen-bond acceptors (Lipinski definition) is 8. The molecule has 2 heterocycles. The summed E-state index contributed by atoms with van der Waals surface area (Å²) in [6.45, 7) is 1.40. The summed E-state index contributed by atoms with van der Waals surface area (Å²) in [5.41, 5.74) is -0.614. The van der Waals surface area contributed by atoms with Crippen LogP contribution in [0.25, 0.3) is 0 Å². The highest BCUT2D eigenvalue weighted by molar-refractivity contribution is 7.89. The van der Waals surface area contributed by atoms with Gasteiger partial charge in [-0.2, -0.15) is 4.37 Å². The number of nitrogens with zero attached hydrogens (tertiary/aromatic N) is 1. The number of carbonyl (C=O) groups is 1. The van der Waals surface area contributed by atoms with Crippen LogP contribution in [0.15, 0.2) is 10.3 Å². The lowest BCUT2D eigenvalue weighted by atomic mass is 9.99. The Morgan fingerprint density at radius 1 is 1.55 bits per heavy atom. The minimum Gasteiger partial charge on any atom is -0.464 e. The number of aromatic nitrogens is 1. The third-order valence-electron chi connectivity index (χ3n) is 3.56. The zero-order valence-electron chi connectivity index (χ0n) is 12.4. The predicted molar refractivity (Wildman–Crippen MR) is 80.5 cm³/mol. The molecule has 1 fully saturated rings. The van der Waals surface area contributed by atoms with Crippen molar-refractivity contribution in [2.24, 2.45) is 0 Å². The van der Waals surface area contributed by atoms with Crippen LogP contribution >= 0.6 is 11.5 Å². The monoisotopic (exact) mass is 349 g/mol. The number of carbonyl (C=O) groups excluding carboxylic acids is 1. The standard InChI is InChI=1S/C12H19N3O5S2/c1-19-8-12(4-3-5-13-12)7-14-22(17,18)9-6-21-15-10(9)11(16)20-2/h6,13-14H,3-5,7-8H2,1-2H3. The molecular weight excluding hydrogens is 330 g/mol. The molecule has 0 saturated carbocycles. The summed E-state index contributed by atoms with van der Waals surface area (Å²) in [5.74, 6) is -0.771. The Labute approximate surface area is 133 Å². The number of sulfonamides is 1. The topological polar surface area (TPSA) is 107 Å². The van der Waals surface area contributed by atoms with Crippen LogP contribution < -0.4 is 10.0 Å². The van der Waals surface area contributed by atoms with Gasteiger partial charge in [0, 0.05) is 19.0 Å². The van der Waals surface area contributed by atoms with Gasteiger partial charge in [-0.05, 0) is 30.9 Å². The van der Waals surface area contributed by atoms with E-state index in [0.717, 1.165) is 30.9 Å². The summed E-state index contributed by atoms with van der Waals surface area (Å²) in [5, 5.41) is 4.60. The highest BCUT2D eigenvalue weighted by Gasteiger charge is 2.36. The van der Waals surface area contributed by atoms with Crippen LogP contribution in [0.3, 0.4) is 0 Å². The van der Waals surface area contributed by atoms with Gasteiger partial charge in [-0.25, -0.2) is 17.9 Å². The van der Waals surface area contributed by atoms with E-state index < -0.39 is 21.5 Å². The summed E-state index contributed by atoms with van der Waals surface area (Å²) >= 11 is 0.894. The molecule has 0 spiro atoms. The molecule has 1 unspecified atom stereocenters. The molecule has 0 amide bonds. The van der Waals surface area contributed by atoms with Gasteiger partial charge in [-0.3, -0.25) is 0 Å². The van der Waals surface area contributed by atoms with Gasteiger partial charge in [0.2, 0.25) is 10.0 Å². The second-order valence-electron chi connectivity index (χ2n) is 5.09. The van der Waals surface area contributed by atoms with E-state index in [2.05, 4.69) is 19.1 Å². The average molecular weight is 349 g/mol. The molecule has 2 rings (SSSR count). The lowest BCUT2D eigenvalue weighted by molar-refractivity contribution is 0.0591. The quantitative estimate of drug-likeness (QED) is 0.666. The molecular formula is C12H19N3O5S2. The third kappa shape index (κ3) is 3.63. The highest BCUT2D eigenvalue weighted by atomic mass is 32.2. The summed E-state index contributed by atoms with van der Waals surface area (Å²) in [4.78, 5) is 11.4. The van der Waals surface area contributed by atoms with Crippen LogP contribution in [0, 0.1) is 0 Å². The van der Waals surface area contributed by atoms with Crippen LogP contribution in [0.4, 0.5) is 0 Å². The van der Waals surface area contributed by atoms with Gasteiger partial charge in [0.1, 0.15) is 4.90 Å². The molecule has 0 aliphatic carbocycles. The van der Waals surface area contributed by atoms with Crippen LogP contribution in [0.1, 0.15) is 23.3 Å². The fourth-order valence-corrected chi connectivity index (χ4v) is 4.67. The Hall–Kier alpha value is -1.07. The largest absolute Gasteiger partial charge is 0.464 e. The maximum atomic E-state index is 12.4. The minimum atomic E-state index is -3.85. The number of nitrogens with one attached hydrogen (secondary N) is 2. The fourth-order valence-electron chi connectivity index (χ4n) is 2.43. The number of esters is 1. The van der Waals surface area contributed by atoms with Crippen molar-refractivity contribution in [1.29, 1.82) is 0 Å². The van der Waals surface area contributed by atoms with Crippen LogP contribution in [-0.2, 0) is 19.5 Å². The molecule has 1 atom stereocenters. The maximum absolute atomic E-state index is 12.4. The van der Waals surface area contributed by atoms with Crippen molar-refractivity contribution in [3.8, 4) is 0 Å². The van der Waals surface area contributed by atoms with Crippen molar-refractivity contribution in [2.75, 3.05) is 33.9 Å². The SMILES string of the molecule is COCC1(CNS(=O)(=O)c2csnc2C(=O)OC)CCCN1. The molecule has 8 nitrogen and oxygen atoms in total. The average Bonchev–Trinajstić information content (AvgIpc) is 3.15. The second-order valence-corrected chi connectivity index (χ2v) is 7.45. The van der Waals surface area contributed by atoms with E-state index in [-0.39, 0.29) is 17.1 Å². The Morgan fingerprint density at radius 3 is 2.91 bits per heavy atom. The Bertz CT molecular complexity index is 622. The van der Waals surface area contributed by atoms with Crippen molar-refractivity contribution >= 4 is 27.5 Å². The normalized spacial score (nSPS) is 21.9. The third-order valence-corrected chi connectivity index (χ3v) is 5.75. The molecule has 10 heteroatoms. The lowest BCUT2D eigenvalue weighted by Crippen LogP contribution is -2.52. The van der Waals surface area contributed by atoms with E-state index in [1.165, 1.54) is 12.5 Å². The van der Waals surface area contributed by atoms with Gasteiger partial charge in [-0.1, -0.05) is 0 Å². The molecule has 0 radical (unpaired) electrons. The summed E-state index contributed by atoms with van der Waals surface area (Å²) in [6, 6.07) is 0. The number of methoxy groups -OCH3 is 2. The van der Waals surface area contributed by atoms with Gasteiger partial charge in [-0.15, -0.1) is 0 Å². The summed E-state index contributed by atoms with van der Waals surface area (Å²) in [7, 11) is -1.09. The van der Waals surface area contributed by atoms with Crippen molar-refractivity contribution < 1.29 is 22.7 Å². The van der Waals surface area contributed by atoms with E-state index >= 15 is 0 Å². The van der Waals surface area contributed by atoms with Crippen molar-refractivity contribution in [3.05, 3.63) is 11.1 Å². The van der Waals surface area contributed by atoms with E-state index in [1.807, 2.05) is 0 Å². The second kappa shape index (κ2) is 7.01. The molecule has 0 bridgehead atoms. The molecule has 1 aromatic rings. The zero-order valence-corrected chi connectivity index (χ0v) is 14.1. The Kier molecular flexibility index (Phi) is 5.50. The van der Waals surface area contributed by atoms with Gasteiger partial charge >= 0.3 is 5.97 Å². The fraction of sp³-hybridized carbons (Fsp3) is 0.667. The molecule has 0 aromatic carbocycles. The van der Waals surface area contributed by atoms with Gasteiger partial charge in [0.15, 0.2) is 5.69 Å². The smallest absolute Gasteiger partial charge is 0.359 e. The number of ether oxygens (including phenoxy) is 2. The van der Waals surface area contributed by atoms with Crippen molar-refractivity contribution in [1.82, 2.24) is 14.4 Å². The first-order valence-corrected chi connectivity index (χ1v) is 9.02. The number of rotatable bonds is 7. The van der Waals surface area contributed by atoms with E-state index in [4.69, 9.17) is 4.74 Å². The van der Waals surface area contributed by atoms with Crippen molar-refractivity contribution in [2.45, 2.75) is 23.3 Å². The first-order chi connectivity index (χ1) is 10.4. The predicted octanol–water partition coefficient (Wildman–Crippen LogP) is -0.0234. The van der Waals surface area contributed by atoms with Crippen LogP contribution in [-0.4, -0.2) is 58.2 Å². The van der Waals surface area contributed by atoms with Gasteiger partial charge in [0.05, 0.1) is 19.3 Å². The van der Waals surface area contributed by atoms with Crippen LogP contribution in [0.5, 0.6) is 0 Å². The van der Waals surface area contributed by atoms with E-state index in [1.54, 1.807) is 7.11 Å². The molecule has 1 aliphatic rings. The maximum Gasteiger partial charge on any atom is 0.359 e. The first-order valence-electron chi connectivity index (χ1n) is 6.70. The van der Waals surface area contributed by atoms with Crippen molar-refractivity contribution in [3.63, 3.8) is 0 Å².